The Morgan fingerprint density at radius 2 is 1.95 bits per heavy atom. The highest BCUT2D eigenvalue weighted by Crippen LogP contribution is 2.39. The Bertz CT molecular complexity index is 473. The Morgan fingerprint density at radius 1 is 1.26 bits per heavy atom. The topological polar surface area (TPSA) is 61.4 Å². The first-order valence-electron chi connectivity index (χ1n) is 6.63. The van der Waals surface area contributed by atoms with Crippen LogP contribution in [0.2, 0.25) is 5.02 Å². The summed E-state index contributed by atoms with van der Waals surface area (Å²) in [6, 6.07) is 7.41. The molecule has 0 amide bonds. The van der Waals surface area contributed by atoms with E-state index in [1.807, 2.05) is 24.3 Å². The predicted molar refractivity (Wildman–Crippen MR) is 72.9 cm³/mol. The van der Waals surface area contributed by atoms with Gasteiger partial charge in [-0.1, -0.05) is 23.7 Å². The Balaban J connectivity index is 1.77. The molecule has 1 aromatic rings. The van der Waals surface area contributed by atoms with Gasteiger partial charge in [0.15, 0.2) is 0 Å². The molecule has 1 aliphatic carbocycles. The van der Waals surface area contributed by atoms with Gasteiger partial charge in [-0.05, 0) is 42.9 Å². The number of hydrogen-bond acceptors (Lipinski definition) is 3. The van der Waals surface area contributed by atoms with E-state index in [1.165, 1.54) is 12.8 Å². The monoisotopic (exact) mass is 280 g/mol. The number of hydrazine groups is 1. The van der Waals surface area contributed by atoms with E-state index < -0.39 is 12.0 Å². The molecule has 1 heterocycles. The van der Waals surface area contributed by atoms with Crippen molar-refractivity contribution in [3.8, 4) is 0 Å². The minimum absolute atomic E-state index is 0.0891. The minimum atomic E-state index is -0.783. The summed E-state index contributed by atoms with van der Waals surface area (Å²) < 4.78 is 0. The third-order valence-electron chi connectivity index (χ3n) is 4.08. The molecule has 2 aliphatic rings. The molecule has 1 saturated heterocycles. The van der Waals surface area contributed by atoms with Crippen LogP contribution in [0.4, 0.5) is 0 Å². The molecule has 3 atom stereocenters. The van der Waals surface area contributed by atoms with Gasteiger partial charge in [0.25, 0.3) is 0 Å². The first-order valence-corrected chi connectivity index (χ1v) is 7.01. The lowest BCUT2D eigenvalue weighted by Crippen LogP contribution is -2.39. The maximum Gasteiger partial charge on any atom is 0.322 e. The maximum atomic E-state index is 11.3. The second-order valence-corrected chi connectivity index (χ2v) is 5.90. The van der Waals surface area contributed by atoms with Gasteiger partial charge in [0.1, 0.15) is 6.04 Å². The second kappa shape index (κ2) is 5.12. The molecule has 1 aromatic carbocycles. The summed E-state index contributed by atoms with van der Waals surface area (Å²) in [6.07, 6.45) is 3.15. The SMILES string of the molecule is O=C(O)C1NNC(C2CC2)C1Cc1ccc(Cl)cc1. The van der Waals surface area contributed by atoms with Gasteiger partial charge < -0.3 is 5.11 Å². The zero-order valence-corrected chi connectivity index (χ0v) is 11.2. The van der Waals surface area contributed by atoms with E-state index >= 15 is 0 Å². The van der Waals surface area contributed by atoms with Crippen LogP contribution in [0, 0.1) is 11.8 Å². The summed E-state index contributed by atoms with van der Waals surface area (Å²) in [4.78, 5) is 11.3. The molecule has 19 heavy (non-hydrogen) atoms. The summed E-state index contributed by atoms with van der Waals surface area (Å²) in [5.74, 6) is -0.0741. The average Bonchev–Trinajstić information content (AvgIpc) is 3.13. The highest BCUT2D eigenvalue weighted by molar-refractivity contribution is 6.30. The van der Waals surface area contributed by atoms with Gasteiger partial charge in [-0.2, -0.15) is 0 Å². The van der Waals surface area contributed by atoms with Crippen molar-refractivity contribution in [3.05, 3.63) is 34.9 Å². The van der Waals surface area contributed by atoms with E-state index in [4.69, 9.17) is 11.6 Å². The van der Waals surface area contributed by atoms with Gasteiger partial charge in [-0.25, -0.2) is 5.43 Å². The Kier molecular flexibility index (Phi) is 3.48. The van der Waals surface area contributed by atoms with Gasteiger partial charge in [-0.3, -0.25) is 10.2 Å². The molecular weight excluding hydrogens is 264 g/mol. The van der Waals surface area contributed by atoms with Crippen LogP contribution in [0.5, 0.6) is 0 Å². The molecule has 1 saturated carbocycles. The lowest BCUT2D eigenvalue weighted by Gasteiger charge is -2.20. The summed E-state index contributed by atoms with van der Waals surface area (Å²) in [5.41, 5.74) is 7.24. The van der Waals surface area contributed by atoms with Crippen LogP contribution in [-0.2, 0) is 11.2 Å². The molecule has 3 N–H and O–H groups in total. The summed E-state index contributed by atoms with van der Waals surface area (Å²) in [6.45, 7) is 0. The molecule has 1 aliphatic heterocycles. The molecule has 0 spiro atoms. The Morgan fingerprint density at radius 3 is 2.53 bits per heavy atom. The molecule has 2 fully saturated rings. The normalized spacial score (nSPS) is 30.5. The zero-order chi connectivity index (χ0) is 13.4. The fourth-order valence-corrected chi connectivity index (χ4v) is 3.04. The average molecular weight is 281 g/mol. The summed E-state index contributed by atoms with van der Waals surface area (Å²) in [5, 5.41) is 10.0. The molecule has 102 valence electrons. The van der Waals surface area contributed by atoms with Crippen LogP contribution >= 0.6 is 11.6 Å². The fourth-order valence-electron chi connectivity index (χ4n) is 2.91. The van der Waals surface area contributed by atoms with Crippen molar-refractivity contribution in [2.45, 2.75) is 31.3 Å². The van der Waals surface area contributed by atoms with Crippen molar-refractivity contribution in [2.24, 2.45) is 11.8 Å². The van der Waals surface area contributed by atoms with Crippen LogP contribution in [0.25, 0.3) is 0 Å². The van der Waals surface area contributed by atoms with Crippen LogP contribution in [-0.4, -0.2) is 23.2 Å². The van der Waals surface area contributed by atoms with Gasteiger partial charge in [0.2, 0.25) is 0 Å². The third-order valence-corrected chi connectivity index (χ3v) is 4.33. The molecule has 3 unspecified atom stereocenters. The highest BCUT2D eigenvalue weighted by atomic mass is 35.5. The Labute approximate surface area is 117 Å². The number of nitrogens with one attached hydrogen (secondary N) is 2. The van der Waals surface area contributed by atoms with Crippen molar-refractivity contribution >= 4 is 17.6 Å². The number of aliphatic carboxylic acids is 1. The van der Waals surface area contributed by atoms with Gasteiger partial charge >= 0.3 is 5.97 Å². The van der Waals surface area contributed by atoms with Gasteiger partial charge in [0.05, 0.1) is 0 Å². The lowest BCUT2D eigenvalue weighted by molar-refractivity contribution is -0.140. The van der Waals surface area contributed by atoms with Crippen LogP contribution in [0.15, 0.2) is 24.3 Å². The number of carboxylic acids is 1. The number of rotatable bonds is 4. The van der Waals surface area contributed by atoms with Crippen LogP contribution in [0.3, 0.4) is 0 Å². The van der Waals surface area contributed by atoms with Crippen molar-refractivity contribution in [1.82, 2.24) is 10.9 Å². The number of halogens is 1. The van der Waals surface area contributed by atoms with E-state index in [2.05, 4.69) is 10.9 Å². The minimum Gasteiger partial charge on any atom is -0.480 e. The quantitative estimate of drug-likeness (QED) is 0.788. The Hall–Kier alpha value is -1.10. The van der Waals surface area contributed by atoms with E-state index in [1.54, 1.807) is 0 Å². The van der Waals surface area contributed by atoms with Gasteiger partial charge in [-0.15, -0.1) is 0 Å². The number of benzene rings is 1. The van der Waals surface area contributed by atoms with Gasteiger partial charge in [0, 0.05) is 17.0 Å². The van der Waals surface area contributed by atoms with Crippen molar-refractivity contribution < 1.29 is 9.90 Å². The number of hydrogen-bond donors (Lipinski definition) is 3. The summed E-state index contributed by atoms with van der Waals surface area (Å²) >= 11 is 5.88. The molecular formula is C14H17ClN2O2. The zero-order valence-electron chi connectivity index (χ0n) is 10.5. The molecule has 5 heteroatoms. The van der Waals surface area contributed by atoms with E-state index in [0.717, 1.165) is 12.0 Å². The predicted octanol–water partition coefficient (Wildman–Crippen LogP) is 1.84. The van der Waals surface area contributed by atoms with Crippen molar-refractivity contribution in [2.75, 3.05) is 0 Å². The largest absolute Gasteiger partial charge is 0.480 e. The maximum absolute atomic E-state index is 11.3. The van der Waals surface area contributed by atoms with E-state index in [0.29, 0.717) is 10.9 Å². The smallest absolute Gasteiger partial charge is 0.322 e. The van der Waals surface area contributed by atoms with E-state index in [-0.39, 0.29) is 12.0 Å². The first-order chi connectivity index (χ1) is 9.15. The molecule has 0 bridgehead atoms. The molecule has 0 radical (unpaired) electrons. The van der Waals surface area contributed by atoms with Crippen LogP contribution in [0.1, 0.15) is 18.4 Å². The molecule has 0 aromatic heterocycles. The summed E-state index contributed by atoms with van der Waals surface area (Å²) in [7, 11) is 0. The van der Waals surface area contributed by atoms with E-state index in [9.17, 15) is 9.90 Å². The molecule has 3 rings (SSSR count). The third kappa shape index (κ3) is 2.76. The van der Waals surface area contributed by atoms with Crippen LogP contribution < -0.4 is 10.9 Å². The standard InChI is InChI=1S/C14H17ClN2O2/c15-10-5-1-8(2-6-10)7-11-12(9-3-4-9)16-17-13(11)14(18)19/h1-2,5-6,9,11-13,16-17H,3-4,7H2,(H,18,19). The second-order valence-electron chi connectivity index (χ2n) is 5.46. The lowest BCUT2D eigenvalue weighted by atomic mass is 9.86. The first kappa shape index (κ1) is 12.9. The number of carbonyl (C=O) groups is 1. The van der Waals surface area contributed by atoms with Crippen molar-refractivity contribution in [1.29, 1.82) is 0 Å². The van der Waals surface area contributed by atoms with Crippen molar-refractivity contribution in [3.63, 3.8) is 0 Å². The highest BCUT2D eigenvalue weighted by Gasteiger charge is 2.46. The molecule has 4 nitrogen and oxygen atoms in total. The number of carboxylic acid groups (broad SMARTS) is 1. The fraction of sp³-hybridized carbons (Fsp3) is 0.500.